The van der Waals surface area contributed by atoms with Crippen molar-refractivity contribution >= 4 is 68.3 Å². The minimum absolute atomic E-state index is 0.00119. The number of nitrogens with one attached hydrogen (secondary N) is 4. The van der Waals surface area contributed by atoms with Gasteiger partial charge >= 0.3 is 0 Å². The summed E-state index contributed by atoms with van der Waals surface area (Å²) in [7, 11) is -4.88. The smallest absolute Gasteiger partial charge is 0.296 e. The van der Waals surface area contributed by atoms with Crippen LogP contribution in [-0.4, -0.2) is 34.1 Å². The van der Waals surface area contributed by atoms with Gasteiger partial charge in [-0.25, -0.2) is 5.26 Å². The maximum Gasteiger partial charge on any atom is 0.296 e. The van der Waals surface area contributed by atoms with Crippen molar-refractivity contribution in [2.75, 3.05) is 27.6 Å². The van der Waals surface area contributed by atoms with E-state index in [1.807, 2.05) is 0 Å². The maximum atomic E-state index is 12.1. The van der Waals surface area contributed by atoms with Crippen molar-refractivity contribution in [1.29, 1.82) is 0 Å². The second-order valence-corrected chi connectivity index (χ2v) is 9.07. The molecule has 0 saturated heterocycles. The normalized spacial score (nSPS) is 11.4. The van der Waals surface area contributed by atoms with E-state index in [4.69, 9.17) is 16.7 Å². The summed E-state index contributed by atoms with van der Waals surface area (Å²) in [5.41, 5.74) is 15.2. The van der Waals surface area contributed by atoms with Crippen LogP contribution >= 0.6 is 12.0 Å². The van der Waals surface area contributed by atoms with Gasteiger partial charge in [0.1, 0.15) is 10.6 Å². The Morgan fingerprint density at radius 3 is 2.57 bits per heavy atom. The molecule has 0 aliphatic heterocycles. The van der Waals surface area contributed by atoms with E-state index in [1.165, 1.54) is 6.92 Å². The monoisotopic (exact) mass is 553 g/mol. The van der Waals surface area contributed by atoms with Crippen molar-refractivity contribution in [3.63, 3.8) is 0 Å². The zero-order valence-electron chi connectivity index (χ0n) is 18.6. The number of H-pyrrole nitrogens is 1. The van der Waals surface area contributed by atoms with Gasteiger partial charge in [0.15, 0.2) is 11.5 Å². The third kappa shape index (κ3) is 7.36. The van der Waals surface area contributed by atoms with Crippen LogP contribution in [0.15, 0.2) is 61.2 Å². The number of rotatable bonds is 10. The Bertz CT molecular complexity index is 1510. The lowest BCUT2D eigenvalue weighted by Crippen LogP contribution is -2.14. The molecular formula is C18H19N9O8S2. The highest BCUT2D eigenvalue weighted by molar-refractivity contribution is 7.94. The Balaban J connectivity index is 2.02. The second kappa shape index (κ2) is 11.6. The lowest BCUT2D eigenvalue weighted by atomic mass is 10.2. The van der Waals surface area contributed by atoms with Gasteiger partial charge in [0.25, 0.3) is 15.7 Å². The topological polar surface area (TPSA) is 269 Å². The zero-order valence-corrected chi connectivity index (χ0v) is 20.3. The number of nitrogens with zero attached hydrogens (tertiary/aromatic N) is 3. The van der Waals surface area contributed by atoms with Crippen LogP contribution in [0.2, 0.25) is 0 Å². The molecule has 17 nitrogen and oxygen atoms in total. The minimum atomic E-state index is -4.88. The van der Waals surface area contributed by atoms with Gasteiger partial charge in [0, 0.05) is 11.8 Å². The molecule has 0 bridgehead atoms. The highest BCUT2D eigenvalue weighted by Crippen LogP contribution is 2.36. The van der Waals surface area contributed by atoms with Gasteiger partial charge in [0.05, 0.1) is 29.1 Å². The molecular weight excluding hydrogens is 534 g/mol. The number of carbonyl (C=O) groups is 1. The molecule has 0 aliphatic rings. The van der Waals surface area contributed by atoms with Gasteiger partial charge in [0.2, 0.25) is 11.9 Å². The number of nitrogen functional groups attached to an aromatic ring is 2. The van der Waals surface area contributed by atoms with E-state index < -0.39 is 37.9 Å². The largest absolute Gasteiger partial charge is 0.382 e. The molecule has 3 rings (SSSR count). The number of carbonyl (C=O) groups excluding carboxylic acids is 1. The SMILES string of the molecule is CC(=O)Nc1cc(N=Nc2c(N)nc(N)[nH]c2=O)c(S(=O)(=O)O)cc1NNc1cccc(SOOO)c1. The van der Waals surface area contributed by atoms with E-state index in [2.05, 4.69) is 45.7 Å². The molecule has 0 fully saturated rings. The van der Waals surface area contributed by atoms with E-state index >= 15 is 0 Å². The van der Waals surface area contributed by atoms with E-state index in [1.54, 1.807) is 24.3 Å². The van der Waals surface area contributed by atoms with Crippen molar-refractivity contribution < 1.29 is 32.4 Å². The summed E-state index contributed by atoms with van der Waals surface area (Å²) in [4.78, 5) is 29.4. The Morgan fingerprint density at radius 1 is 1.16 bits per heavy atom. The van der Waals surface area contributed by atoms with Crippen LogP contribution in [0, 0.1) is 0 Å². The Kier molecular flexibility index (Phi) is 8.60. The fourth-order valence-electron chi connectivity index (χ4n) is 2.77. The van der Waals surface area contributed by atoms with Gasteiger partial charge in [-0.05, 0) is 30.3 Å². The first-order valence-electron chi connectivity index (χ1n) is 9.75. The predicted octanol–water partition coefficient (Wildman–Crippen LogP) is 2.42. The number of aromatic amines is 1. The molecule has 19 heteroatoms. The lowest BCUT2D eigenvalue weighted by molar-refractivity contribution is -0.432. The summed E-state index contributed by atoms with van der Waals surface area (Å²) in [5, 5.41) is 21.7. The Hall–Kier alpha value is -4.27. The van der Waals surface area contributed by atoms with Crippen molar-refractivity contribution in [2.45, 2.75) is 16.7 Å². The molecule has 0 atom stereocenters. The summed E-state index contributed by atoms with van der Waals surface area (Å²) in [5.74, 6) is -1.16. The molecule has 0 aliphatic carbocycles. The summed E-state index contributed by atoms with van der Waals surface area (Å²) in [6.45, 7) is 1.21. The van der Waals surface area contributed by atoms with Crippen molar-refractivity contribution in [3.05, 3.63) is 46.8 Å². The highest BCUT2D eigenvalue weighted by Gasteiger charge is 2.21. The Morgan fingerprint density at radius 2 is 1.92 bits per heavy atom. The number of amides is 1. The zero-order chi connectivity index (χ0) is 27.2. The number of hydrazine groups is 1. The summed E-state index contributed by atoms with van der Waals surface area (Å²) < 4.78 is 38.3. The second-order valence-electron chi connectivity index (χ2n) is 6.91. The van der Waals surface area contributed by atoms with Crippen LogP contribution < -0.4 is 33.2 Å². The average molecular weight is 554 g/mol. The molecule has 2 aromatic carbocycles. The fourth-order valence-corrected chi connectivity index (χ4v) is 3.82. The van der Waals surface area contributed by atoms with Crippen molar-refractivity contribution in [3.8, 4) is 0 Å². The lowest BCUT2D eigenvalue weighted by Gasteiger charge is -2.16. The van der Waals surface area contributed by atoms with E-state index in [0.29, 0.717) is 22.6 Å². The fraction of sp³-hybridized carbons (Fsp3) is 0.0556. The number of benzene rings is 2. The van der Waals surface area contributed by atoms with Gasteiger partial charge in [-0.3, -0.25) is 24.6 Å². The van der Waals surface area contributed by atoms with Crippen LogP contribution in [0.5, 0.6) is 0 Å². The summed E-state index contributed by atoms with van der Waals surface area (Å²) in [6, 6.07) is 8.54. The molecule has 1 amide bonds. The van der Waals surface area contributed by atoms with Gasteiger partial charge in [-0.2, -0.15) is 13.4 Å². The van der Waals surface area contributed by atoms with Crippen LogP contribution in [-0.2, 0) is 24.3 Å². The molecule has 37 heavy (non-hydrogen) atoms. The minimum Gasteiger partial charge on any atom is -0.382 e. The molecule has 196 valence electrons. The van der Waals surface area contributed by atoms with Gasteiger partial charge in [-0.1, -0.05) is 11.1 Å². The molecule has 0 saturated carbocycles. The molecule has 0 spiro atoms. The summed E-state index contributed by atoms with van der Waals surface area (Å²) in [6.07, 6.45) is 0. The quantitative estimate of drug-likeness (QED) is 0.0589. The van der Waals surface area contributed by atoms with Crippen LogP contribution in [0.1, 0.15) is 6.92 Å². The van der Waals surface area contributed by atoms with Crippen LogP contribution in [0.4, 0.5) is 40.2 Å². The molecule has 1 heterocycles. The first-order valence-corrected chi connectivity index (χ1v) is 11.9. The number of aromatic nitrogens is 2. The summed E-state index contributed by atoms with van der Waals surface area (Å²) >= 11 is 0.705. The first-order chi connectivity index (χ1) is 17.5. The average Bonchev–Trinajstić information content (AvgIpc) is 2.80. The number of azo groups is 1. The van der Waals surface area contributed by atoms with Gasteiger partial charge in [-0.15, -0.1) is 14.6 Å². The molecule has 10 N–H and O–H groups in total. The van der Waals surface area contributed by atoms with E-state index in [0.717, 1.165) is 12.1 Å². The third-order valence-corrected chi connectivity index (χ3v) is 5.68. The van der Waals surface area contributed by atoms with E-state index in [9.17, 15) is 22.6 Å². The number of anilines is 5. The number of hydrogen-bond acceptors (Lipinski definition) is 15. The van der Waals surface area contributed by atoms with Crippen molar-refractivity contribution in [1.82, 2.24) is 9.97 Å². The predicted molar refractivity (Wildman–Crippen MR) is 133 cm³/mol. The van der Waals surface area contributed by atoms with Crippen LogP contribution in [0.25, 0.3) is 0 Å². The third-order valence-electron chi connectivity index (χ3n) is 4.22. The Labute approximate surface area is 212 Å². The standard InChI is InChI=1S/C18H19N9O8S2/c1-8(28)21-11-6-13(26-27-15-16(19)22-18(20)23-17(15)29)14(37(31,32)33)7-12(11)25-24-9-3-2-4-10(5-9)36-35-34-30/h2-7,24-25,30H,1H3,(H,21,28)(H,31,32,33)(H5,19,20,22,23,29). The van der Waals surface area contributed by atoms with Crippen molar-refractivity contribution in [2.24, 2.45) is 10.2 Å². The first kappa shape index (κ1) is 27.3. The number of hydrogen-bond donors (Lipinski definition) is 8. The molecule has 0 radical (unpaired) electrons. The molecule has 3 aromatic rings. The molecule has 0 unspecified atom stereocenters. The van der Waals surface area contributed by atoms with E-state index in [-0.39, 0.29) is 23.1 Å². The maximum absolute atomic E-state index is 12.1. The highest BCUT2D eigenvalue weighted by atomic mass is 32.2. The van der Waals surface area contributed by atoms with Crippen LogP contribution in [0.3, 0.4) is 0 Å². The number of nitrogens with two attached hydrogens (primary N) is 2. The molecule has 1 aromatic heterocycles. The van der Waals surface area contributed by atoms with Gasteiger partial charge < -0.3 is 22.2 Å².